The minimum atomic E-state index is -1.10. The Morgan fingerprint density at radius 2 is 1.81 bits per heavy atom. The minimum absolute atomic E-state index is 0.103. The summed E-state index contributed by atoms with van der Waals surface area (Å²) in [7, 11) is 3.01. The molecule has 1 N–H and O–H groups in total. The van der Waals surface area contributed by atoms with Crippen LogP contribution in [0.5, 0.6) is 17.2 Å². The minimum Gasteiger partial charge on any atom is -0.493 e. The van der Waals surface area contributed by atoms with Gasteiger partial charge in [-0.25, -0.2) is 9.59 Å². The summed E-state index contributed by atoms with van der Waals surface area (Å²) in [5.74, 6) is 0.242. The van der Waals surface area contributed by atoms with E-state index in [4.69, 9.17) is 18.9 Å². The quantitative estimate of drug-likeness (QED) is 0.854. The number of benzene rings is 1. The molecule has 144 valence electrons. The van der Waals surface area contributed by atoms with Crippen molar-refractivity contribution in [2.75, 3.05) is 20.8 Å². The lowest BCUT2D eigenvalue weighted by Crippen LogP contribution is -2.43. The van der Waals surface area contributed by atoms with E-state index in [0.29, 0.717) is 17.2 Å². The summed E-state index contributed by atoms with van der Waals surface area (Å²) < 4.78 is 21.8. The fourth-order valence-electron chi connectivity index (χ4n) is 2.77. The first-order valence-electron chi connectivity index (χ1n) is 8.26. The first kappa shape index (κ1) is 19.7. The molecule has 26 heavy (non-hydrogen) atoms. The van der Waals surface area contributed by atoms with Gasteiger partial charge in [-0.15, -0.1) is 0 Å². The standard InChI is InChI=1S/C18H25NO7/c1-18(2,3)26-17(22)19-10-11(9-12(19)16(20)21)25-14-8-6-7-13(23-4)15(14)24-5/h6-8,11-12H,9-10H2,1-5H3,(H,20,21)/t11-,12-/m0/s1. The number of carbonyl (C=O) groups is 2. The molecule has 0 aromatic heterocycles. The smallest absolute Gasteiger partial charge is 0.411 e. The molecule has 1 fully saturated rings. The number of hydrogen-bond donors (Lipinski definition) is 1. The highest BCUT2D eigenvalue weighted by Crippen LogP contribution is 2.38. The molecule has 8 nitrogen and oxygen atoms in total. The summed E-state index contributed by atoms with van der Waals surface area (Å²) in [6.45, 7) is 5.29. The Morgan fingerprint density at radius 1 is 1.15 bits per heavy atom. The maximum atomic E-state index is 12.3. The molecule has 0 saturated carbocycles. The van der Waals surface area contributed by atoms with Crippen molar-refractivity contribution < 1.29 is 33.6 Å². The number of aliphatic carboxylic acids is 1. The number of para-hydroxylation sites is 1. The van der Waals surface area contributed by atoms with E-state index in [-0.39, 0.29) is 13.0 Å². The van der Waals surface area contributed by atoms with Crippen LogP contribution in [0.3, 0.4) is 0 Å². The number of ether oxygens (including phenoxy) is 4. The Labute approximate surface area is 152 Å². The first-order valence-corrected chi connectivity index (χ1v) is 8.26. The molecule has 0 aliphatic carbocycles. The summed E-state index contributed by atoms with van der Waals surface area (Å²) in [6, 6.07) is 4.17. The topological polar surface area (TPSA) is 94.5 Å². The van der Waals surface area contributed by atoms with Crippen LogP contribution in [0.25, 0.3) is 0 Å². The third-order valence-electron chi connectivity index (χ3n) is 3.84. The molecule has 1 aliphatic heterocycles. The summed E-state index contributed by atoms with van der Waals surface area (Å²) >= 11 is 0. The molecule has 2 rings (SSSR count). The first-order chi connectivity index (χ1) is 12.2. The average Bonchev–Trinajstić information content (AvgIpc) is 2.97. The second-order valence-corrected chi connectivity index (χ2v) is 6.95. The molecule has 1 aromatic carbocycles. The van der Waals surface area contributed by atoms with E-state index in [1.54, 1.807) is 39.0 Å². The predicted octanol–water partition coefficient (Wildman–Crippen LogP) is 2.55. The maximum absolute atomic E-state index is 12.3. The Morgan fingerprint density at radius 3 is 2.35 bits per heavy atom. The molecule has 1 aliphatic rings. The van der Waals surface area contributed by atoms with Gasteiger partial charge in [0.15, 0.2) is 11.5 Å². The van der Waals surface area contributed by atoms with E-state index in [9.17, 15) is 14.7 Å². The normalized spacial score (nSPS) is 19.8. The van der Waals surface area contributed by atoms with Crippen molar-refractivity contribution in [3.05, 3.63) is 18.2 Å². The summed E-state index contributed by atoms with van der Waals surface area (Å²) in [4.78, 5) is 25.1. The molecule has 8 heteroatoms. The number of likely N-dealkylation sites (tertiary alicyclic amines) is 1. The second-order valence-electron chi connectivity index (χ2n) is 6.95. The molecular weight excluding hydrogens is 342 g/mol. The van der Waals surface area contributed by atoms with E-state index in [1.807, 2.05) is 0 Å². The van der Waals surface area contributed by atoms with E-state index in [1.165, 1.54) is 19.1 Å². The number of carboxylic acid groups (broad SMARTS) is 1. The van der Waals surface area contributed by atoms with E-state index in [2.05, 4.69) is 0 Å². The van der Waals surface area contributed by atoms with Gasteiger partial charge >= 0.3 is 12.1 Å². The molecule has 0 spiro atoms. The molecule has 0 radical (unpaired) electrons. The number of carboxylic acids is 1. The van der Waals surface area contributed by atoms with Crippen LogP contribution >= 0.6 is 0 Å². The lowest BCUT2D eigenvalue weighted by molar-refractivity contribution is -0.142. The zero-order valence-corrected chi connectivity index (χ0v) is 15.6. The van der Waals surface area contributed by atoms with Crippen LogP contribution in [0.15, 0.2) is 18.2 Å². The van der Waals surface area contributed by atoms with Crippen molar-refractivity contribution in [1.29, 1.82) is 0 Å². The van der Waals surface area contributed by atoms with Crippen molar-refractivity contribution >= 4 is 12.1 Å². The summed E-state index contributed by atoms with van der Waals surface area (Å²) in [6.07, 6.45) is -1.03. The van der Waals surface area contributed by atoms with Crippen LogP contribution < -0.4 is 14.2 Å². The Hall–Kier alpha value is -2.64. The van der Waals surface area contributed by atoms with Gasteiger partial charge in [0, 0.05) is 6.42 Å². The highest BCUT2D eigenvalue weighted by atomic mass is 16.6. The average molecular weight is 367 g/mol. The predicted molar refractivity (Wildman–Crippen MR) is 92.9 cm³/mol. The number of amides is 1. The van der Waals surface area contributed by atoms with Gasteiger partial charge in [0.05, 0.1) is 20.8 Å². The lowest BCUT2D eigenvalue weighted by atomic mass is 10.2. The molecule has 1 amide bonds. The van der Waals surface area contributed by atoms with Crippen LogP contribution in [0.4, 0.5) is 4.79 Å². The van der Waals surface area contributed by atoms with Crippen LogP contribution in [-0.2, 0) is 9.53 Å². The second kappa shape index (κ2) is 7.72. The number of carbonyl (C=O) groups excluding carboxylic acids is 1. The van der Waals surface area contributed by atoms with Crippen molar-refractivity contribution in [3.63, 3.8) is 0 Å². The van der Waals surface area contributed by atoms with Crippen LogP contribution in [0.1, 0.15) is 27.2 Å². The fraction of sp³-hybridized carbons (Fsp3) is 0.556. The molecule has 0 bridgehead atoms. The van der Waals surface area contributed by atoms with E-state index in [0.717, 1.165) is 0 Å². The van der Waals surface area contributed by atoms with Gasteiger partial charge < -0.3 is 24.1 Å². The van der Waals surface area contributed by atoms with Gasteiger partial charge in [-0.05, 0) is 32.9 Å². The highest BCUT2D eigenvalue weighted by molar-refractivity contribution is 5.81. The zero-order chi connectivity index (χ0) is 19.5. The van der Waals surface area contributed by atoms with Crippen molar-refractivity contribution in [2.45, 2.75) is 44.9 Å². The molecule has 1 heterocycles. The monoisotopic (exact) mass is 367 g/mol. The van der Waals surface area contributed by atoms with Crippen molar-refractivity contribution in [2.24, 2.45) is 0 Å². The Balaban J connectivity index is 2.18. The van der Waals surface area contributed by atoms with Crippen LogP contribution in [0.2, 0.25) is 0 Å². The van der Waals surface area contributed by atoms with E-state index < -0.39 is 29.8 Å². The fourth-order valence-corrected chi connectivity index (χ4v) is 2.77. The largest absolute Gasteiger partial charge is 0.493 e. The highest BCUT2D eigenvalue weighted by Gasteiger charge is 2.43. The molecule has 1 saturated heterocycles. The maximum Gasteiger partial charge on any atom is 0.411 e. The van der Waals surface area contributed by atoms with Gasteiger partial charge in [-0.1, -0.05) is 6.07 Å². The Bertz CT molecular complexity index is 668. The van der Waals surface area contributed by atoms with E-state index >= 15 is 0 Å². The number of hydrogen-bond acceptors (Lipinski definition) is 6. The Kier molecular flexibility index (Phi) is 5.84. The third-order valence-corrected chi connectivity index (χ3v) is 3.84. The summed E-state index contributed by atoms with van der Waals surface area (Å²) in [5.41, 5.74) is -0.713. The SMILES string of the molecule is COc1cccc(O[C@H]2C[C@@H](C(=O)O)N(C(=O)OC(C)(C)C)C2)c1OC. The molecule has 2 atom stereocenters. The number of nitrogens with zero attached hydrogens (tertiary/aromatic N) is 1. The van der Waals surface area contributed by atoms with Crippen LogP contribution in [0, 0.1) is 0 Å². The third kappa shape index (κ3) is 4.50. The van der Waals surface area contributed by atoms with Crippen molar-refractivity contribution in [3.8, 4) is 17.2 Å². The zero-order valence-electron chi connectivity index (χ0n) is 15.6. The molecular formula is C18H25NO7. The van der Waals surface area contributed by atoms with Crippen LogP contribution in [-0.4, -0.2) is 60.6 Å². The van der Waals surface area contributed by atoms with Gasteiger partial charge in [-0.2, -0.15) is 0 Å². The molecule has 0 unspecified atom stereocenters. The van der Waals surface area contributed by atoms with Crippen molar-refractivity contribution in [1.82, 2.24) is 4.90 Å². The lowest BCUT2D eigenvalue weighted by Gasteiger charge is -2.26. The van der Waals surface area contributed by atoms with Gasteiger partial charge in [0.25, 0.3) is 0 Å². The number of rotatable bonds is 5. The van der Waals surface area contributed by atoms with Gasteiger partial charge in [0.1, 0.15) is 17.7 Å². The summed E-state index contributed by atoms with van der Waals surface area (Å²) in [5, 5.41) is 9.45. The van der Waals surface area contributed by atoms with Gasteiger partial charge in [0.2, 0.25) is 5.75 Å². The molecule has 1 aromatic rings. The van der Waals surface area contributed by atoms with Gasteiger partial charge in [-0.3, -0.25) is 4.90 Å². The number of methoxy groups -OCH3 is 2.